The summed E-state index contributed by atoms with van der Waals surface area (Å²) >= 11 is 10.2. The fraction of sp³-hybridized carbons (Fsp3) is 0.429. The molecule has 0 aliphatic carbocycles. The van der Waals surface area contributed by atoms with Gasteiger partial charge in [0.2, 0.25) is 0 Å². The van der Waals surface area contributed by atoms with Crippen LogP contribution in [0.25, 0.3) is 0 Å². The number of nitrogens with one attached hydrogen (secondary N) is 4. The molecule has 0 bridgehead atoms. The SMILES string of the molecule is Cc1ccc(NC(=S)NNC(=S)NC[C@H]2CCCO2)cc1F. The van der Waals surface area contributed by atoms with E-state index in [0.29, 0.717) is 28.0 Å². The number of hydrogen-bond acceptors (Lipinski definition) is 3. The largest absolute Gasteiger partial charge is 0.376 e. The molecule has 2 rings (SSSR count). The highest BCUT2D eigenvalue weighted by Crippen LogP contribution is 2.13. The summed E-state index contributed by atoms with van der Waals surface area (Å²) in [6.45, 7) is 3.18. The maximum atomic E-state index is 13.4. The van der Waals surface area contributed by atoms with E-state index in [-0.39, 0.29) is 11.9 Å². The molecule has 0 radical (unpaired) electrons. The Morgan fingerprint density at radius 1 is 1.32 bits per heavy atom. The number of anilines is 1. The van der Waals surface area contributed by atoms with Crippen LogP contribution >= 0.6 is 24.4 Å². The molecule has 0 saturated carbocycles. The Labute approximate surface area is 140 Å². The predicted octanol–water partition coefficient (Wildman–Crippen LogP) is 1.98. The Kier molecular flexibility index (Phi) is 6.29. The van der Waals surface area contributed by atoms with Gasteiger partial charge in [-0.05, 0) is 61.9 Å². The van der Waals surface area contributed by atoms with Crippen LogP contribution in [0.1, 0.15) is 18.4 Å². The Balaban J connectivity index is 1.68. The molecule has 8 heteroatoms. The summed E-state index contributed by atoms with van der Waals surface area (Å²) in [5, 5.41) is 6.64. The van der Waals surface area contributed by atoms with Crippen LogP contribution in [0.5, 0.6) is 0 Å². The van der Waals surface area contributed by atoms with Gasteiger partial charge in [-0.2, -0.15) is 0 Å². The third-order valence-electron chi connectivity index (χ3n) is 3.23. The molecule has 1 heterocycles. The van der Waals surface area contributed by atoms with Crippen molar-refractivity contribution in [3.8, 4) is 0 Å². The average Bonchev–Trinajstić information content (AvgIpc) is 3.00. The minimum Gasteiger partial charge on any atom is -0.376 e. The van der Waals surface area contributed by atoms with E-state index in [1.165, 1.54) is 6.07 Å². The lowest BCUT2D eigenvalue weighted by molar-refractivity contribution is 0.114. The summed E-state index contributed by atoms with van der Waals surface area (Å²) in [6.07, 6.45) is 2.34. The van der Waals surface area contributed by atoms with Crippen LogP contribution < -0.4 is 21.5 Å². The van der Waals surface area contributed by atoms with E-state index in [2.05, 4.69) is 21.5 Å². The standard InChI is InChI=1S/C14H19FN4OS2/c1-9-4-5-10(7-12(9)15)17-14(22)19-18-13(21)16-8-11-3-2-6-20-11/h4-5,7,11H,2-3,6,8H2,1H3,(H2,16,18,21)(H2,17,19,22)/t11-/m1/s1. The summed E-state index contributed by atoms with van der Waals surface area (Å²) in [5.41, 5.74) is 6.67. The van der Waals surface area contributed by atoms with E-state index in [9.17, 15) is 4.39 Å². The third-order valence-corrected chi connectivity index (χ3v) is 3.68. The lowest BCUT2D eigenvalue weighted by atomic mass is 10.2. The van der Waals surface area contributed by atoms with Crippen molar-refractivity contribution in [1.29, 1.82) is 0 Å². The van der Waals surface area contributed by atoms with E-state index in [1.807, 2.05) is 0 Å². The molecule has 5 nitrogen and oxygen atoms in total. The zero-order valence-corrected chi connectivity index (χ0v) is 13.9. The Bertz CT molecular complexity index is 550. The molecule has 1 aromatic carbocycles. The van der Waals surface area contributed by atoms with Gasteiger partial charge in [0.05, 0.1) is 6.10 Å². The van der Waals surface area contributed by atoms with E-state index < -0.39 is 0 Å². The van der Waals surface area contributed by atoms with Crippen LogP contribution in [0, 0.1) is 12.7 Å². The lowest BCUT2D eigenvalue weighted by Crippen LogP contribution is -2.49. The molecule has 120 valence electrons. The molecule has 1 saturated heterocycles. The second-order valence-electron chi connectivity index (χ2n) is 5.01. The van der Waals surface area contributed by atoms with Crippen molar-refractivity contribution < 1.29 is 9.13 Å². The van der Waals surface area contributed by atoms with Gasteiger partial charge in [-0.3, -0.25) is 10.9 Å². The van der Waals surface area contributed by atoms with E-state index in [4.69, 9.17) is 29.2 Å². The van der Waals surface area contributed by atoms with Gasteiger partial charge < -0.3 is 15.4 Å². The first-order chi connectivity index (χ1) is 10.5. The number of aryl methyl sites for hydroxylation is 1. The van der Waals surface area contributed by atoms with Crippen LogP contribution in [0.3, 0.4) is 0 Å². The van der Waals surface area contributed by atoms with Gasteiger partial charge in [0, 0.05) is 18.8 Å². The van der Waals surface area contributed by atoms with Gasteiger partial charge in [0.25, 0.3) is 0 Å². The number of hydrogen-bond donors (Lipinski definition) is 4. The minimum absolute atomic E-state index is 0.209. The van der Waals surface area contributed by atoms with Crippen molar-refractivity contribution in [3.05, 3.63) is 29.6 Å². The first-order valence-corrected chi connectivity index (χ1v) is 7.85. The normalized spacial score (nSPS) is 16.9. The minimum atomic E-state index is -0.283. The van der Waals surface area contributed by atoms with E-state index >= 15 is 0 Å². The van der Waals surface area contributed by atoms with E-state index in [1.54, 1.807) is 19.1 Å². The highest BCUT2D eigenvalue weighted by Gasteiger charge is 2.15. The monoisotopic (exact) mass is 342 g/mol. The first-order valence-electron chi connectivity index (χ1n) is 7.03. The number of ether oxygens (including phenoxy) is 1. The molecule has 4 N–H and O–H groups in total. The van der Waals surface area contributed by atoms with Crippen LogP contribution in [0.15, 0.2) is 18.2 Å². The molecule has 22 heavy (non-hydrogen) atoms. The smallest absolute Gasteiger partial charge is 0.189 e. The molecular formula is C14H19FN4OS2. The molecule has 1 aliphatic heterocycles. The second-order valence-corrected chi connectivity index (χ2v) is 5.83. The van der Waals surface area contributed by atoms with Gasteiger partial charge in [-0.1, -0.05) is 6.07 Å². The van der Waals surface area contributed by atoms with Gasteiger partial charge in [-0.15, -0.1) is 0 Å². The average molecular weight is 342 g/mol. The summed E-state index contributed by atoms with van der Waals surface area (Å²) in [6, 6.07) is 4.82. The summed E-state index contributed by atoms with van der Waals surface area (Å²) < 4.78 is 18.9. The van der Waals surface area contributed by atoms with Crippen molar-refractivity contribution in [2.24, 2.45) is 0 Å². The molecule has 1 fully saturated rings. The van der Waals surface area contributed by atoms with E-state index in [0.717, 1.165) is 19.4 Å². The fourth-order valence-electron chi connectivity index (χ4n) is 2.00. The second kappa shape index (κ2) is 8.21. The summed E-state index contributed by atoms with van der Waals surface area (Å²) in [5.74, 6) is -0.283. The predicted molar refractivity (Wildman–Crippen MR) is 93.2 cm³/mol. The van der Waals surface area contributed by atoms with Crippen LogP contribution in [0.4, 0.5) is 10.1 Å². The highest BCUT2D eigenvalue weighted by atomic mass is 32.1. The number of benzene rings is 1. The fourth-order valence-corrected chi connectivity index (χ4v) is 2.31. The molecule has 0 aromatic heterocycles. The number of thiocarbonyl (C=S) groups is 2. The third kappa shape index (κ3) is 5.36. The Morgan fingerprint density at radius 3 is 2.77 bits per heavy atom. The zero-order valence-electron chi connectivity index (χ0n) is 12.2. The topological polar surface area (TPSA) is 57.3 Å². The van der Waals surface area contributed by atoms with Crippen molar-refractivity contribution in [1.82, 2.24) is 16.2 Å². The molecule has 1 atom stereocenters. The molecular weight excluding hydrogens is 323 g/mol. The molecule has 0 spiro atoms. The zero-order chi connectivity index (χ0) is 15.9. The van der Waals surface area contributed by atoms with Crippen molar-refractivity contribution in [3.63, 3.8) is 0 Å². The quantitative estimate of drug-likeness (QED) is 0.495. The maximum absolute atomic E-state index is 13.4. The van der Waals surface area contributed by atoms with Crippen LogP contribution in [0.2, 0.25) is 0 Å². The molecule has 0 amide bonds. The van der Waals surface area contributed by atoms with Crippen molar-refractivity contribution in [2.75, 3.05) is 18.5 Å². The first kappa shape index (κ1) is 16.9. The number of rotatable bonds is 3. The number of halogens is 1. The molecule has 1 aromatic rings. The molecule has 0 unspecified atom stereocenters. The molecule has 1 aliphatic rings. The van der Waals surface area contributed by atoms with Crippen LogP contribution in [-0.4, -0.2) is 29.5 Å². The van der Waals surface area contributed by atoms with Gasteiger partial charge in [-0.25, -0.2) is 4.39 Å². The lowest BCUT2D eigenvalue weighted by Gasteiger charge is -2.16. The highest BCUT2D eigenvalue weighted by molar-refractivity contribution is 7.80. The maximum Gasteiger partial charge on any atom is 0.189 e. The van der Waals surface area contributed by atoms with Gasteiger partial charge >= 0.3 is 0 Å². The van der Waals surface area contributed by atoms with Crippen molar-refractivity contribution >= 4 is 40.3 Å². The van der Waals surface area contributed by atoms with Gasteiger partial charge in [0.15, 0.2) is 10.2 Å². The van der Waals surface area contributed by atoms with Crippen molar-refractivity contribution in [2.45, 2.75) is 25.9 Å². The Morgan fingerprint density at radius 2 is 2.09 bits per heavy atom. The summed E-state index contributed by atoms with van der Waals surface area (Å²) in [7, 11) is 0. The van der Waals surface area contributed by atoms with Crippen LogP contribution in [-0.2, 0) is 4.74 Å². The number of hydrazine groups is 1. The summed E-state index contributed by atoms with van der Waals surface area (Å²) in [4.78, 5) is 0. The van der Waals surface area contributed by atoms with Gasteiger partial charge in [0.1, 0.15) is 5.82 Å². The Hall–Kier alpha value is -1.51.